The number of hydrogen-bond donors (Lipinski definition) is 2. The predicted molar refractivity (Wildman–Crippen MR) is 86.3 cm³/mol. The van der Waals surface area contributed by atoms with Gasteiger partial charge in [-0.3, -0.25) is 4.79 Å². The third-order valence-electron chi connectivity index (χ3n) is 3.66. The number of carboxylic acids is 1. The molecule has 0 bridgehead atoms. The largest absolute Gasteiger partial charge is 0.478 e. The Morgan fingerprint density at radius 1 is 1.12 bits per heavy atom. The average Bonchev–Trinajstić information content (AvgIpc) is 2.54. The standard InChI is InChI=1S/C18H16F3NO3/c1-11(9-12-5-4-6-13(10-12)18(19,20)21)16(23)22-15-8-3-2-7-14(15)17(24)25/h2-8,10-11H,9H2,1H3,(H,22,23)(H,24,25). The molecular formula is C18H16F3NO3. The number of alkyl halides is 3. The molecule has 2 aromatic carbocycles. The summed E-state index contributed by atoms with van der Waals surface area (Å²) in [7, 11) is 0. The van der Waals surface area contributed by atoms with Crippen molar-refractivity contribution in [1.29, 1.82) is 0 Å². The van der Waals surface area contributed by atoms with E-state index in [1.54, 1.807) is 13.0 Å². The number of aromatic carboxylic acids is 1. The molecule has 1 unspecified atom stereocenters. The molecule has 0 aliphatic heterocycles. The number of carboxylic acid groups (broad SMARTS) is 1. The Kier molecular flexibility index (Phi) is 5.46. The van der Waals surface area contributed by atoms with Crippen molar-refractivity contribution in [3.63, 3.8) is 0 Å². The topological polar surface area (TPSA) is 66.4 Å². The first-order valence-corrected chi connectivity index (χ1v) is 7.48. The van der Waals surface area contributed by atoms with Gasteiger partial charge in [0.1, 0.15) is 0 Å². The van der Waals surface area contributed by atoms with Crippen LogP contribution in [-0.4, -0.2) is 17.0 Å². The molecule has 25 heavy (non-hydrogen) atoms. The maximum atomic E-state index is 12.7. The highest BCUT2D eigenvalue weighted by molar-refractivity contribution is 6.01. The Bertz CT molecular complexity index is 787. The summed E-state index contributed by atoms with van der Waals surface area (Å²) in [5.41, 5.74) is -0.296. The lowest BCUT2D eigenvalue weighted by molar-refractivity contribution is -0.137. The van der Waals surface area contributed by atoms with Crippen LogP contribution < -0.4 is 5.32 Å². The van der Waals surface area contributed by atoms with E-state index >= 15 is 0 Å². The lowest BCUT2D eigenvalue weighted by atomic mass is 9.98. The van der Waals surface area contributed by atoms with Gasteiger partial charge in [0.2, 0.25) is 5.91 Å². The Hall–Kier alpha value is -2.83. The third-order valence-corrected chi connectivity index (χ3v) is 3.66. The quantitative estimate of drug-likeness (QED) is 0.848. The molecule has 7 heteroatoms. The van der Waals surface area contributed by atoms with Gasteiger partial charge >= 0.3 is 12.1 Å². The van der Waals surface area contributed by atoms with Gasteiger partial charge in [0.25, 0.3) is 0 Å². The van der Waals surface area contributed by atoms with Crippen molar-refractivity contribution in [2.45, 2.75) is 19.5 Å². The summed E-state index contributed by atoms with van der Waals surface area (Å²) in [4.78, 5) is 23.4. The van der Waals surface area contributed by atoms with E-state index < -0.39 is 29.5 Å². The number of halogens is 3. The van der Waals surface area contributed by atoms with Crippen molar-refractivity contribution in [2.24, 2.45) is 5.92 Å². The molecule has 0 heterocycles. The molecule has 0 aliphatic rings. The molecule has 1 atom stereocenters. The van der Waals surface area contributed by atoms with E-state index in [2.05, 4.69) is 5.32 Å². The summed E-state index contributed by atoms with van der Waals surface area (Å²) >= 11 is 0. The van der Waals surface area contributed by atoms with Crippen LogP contribution >= 0.6 is 0 Å². The molecule has 0 saturated heterocycles. The third kappa shape index (κ3) is 4.82. The SMILES string of the molecule is CC(Cc1cccc(C(F)(F)F)c1)C(=O)Nc1ccccc1C(=O)O. The van der Waals surface area contributed by atoms with Crippen LogP contribution in [0, 0.1) is 5.92 Å². The molecular weight excluding hydrogens is 335 g/mol. The summed E-state index contributed by atoms with van der Waals surface area (Å²) in [6, 6.07) is 10.7. The highest BCUT2D eigenvalue weighted by Gasteiger charge is 2.30. The zero-order chi connectivity index (χ0) is 18.6. The highest BCUT2D eigenvalue weighted by atomic mass is 19.4. The van der Waals surface area contributed by atoms with Crippen LogP contribution in [0.25, 0.3) is 0 Å². The molecule has 2 rings (SSSR count). The van der Waals surface area contributed by atoms with E-state index in [0.717, 1.165) is 12.1 Å². The minimum Gasteiger partial charge on any atom is -0.478 e. The fourth-order valence-electron chi connectivity index (χ4n) is 2.36. The van der Waals surface area contributed by atoms with Crippen molar-refractivity contribution in [2.75, 3.05) is 5.32 Å². The number of amides is 1. The first-order chi connectivity index (χ1) is 11.7. The van der Waals surface area contributed by atoms with Crippen LogP contribution in [0.2, 0.25) is 0 Å². The monoisotopic (exact) mass is 351 g/mol. The van der Waals surface area contributed by atoms with Crippen molar-refractivity contribution in [1.82, 2.24) is 0 Å². The van der Waals surface area contributed by atoms with E-state index in [-0.39, 0.29) is 17.7 Å². The van der Waals surface area contributed by atoms with Crippen LogP contribution in [0.3, 0.4) is 0 Å². The molecule has 0 saturated carbocycles. The first-order valence-electron chi connectivity index (χ1n) is 7.48. The van der Waals surface area contributed by atoms with Crippen LogP contribution in [0.4, 0.5) is 18.9 Å². The van der Waals surface area contributed by atoms with Crippen molar-refractivity contribution in [3.8, 4) is 0 Å². The smallest absolute Gasteiger partial charge is 0.416 e. The number of carbonyl (C=O) groups is 2. The number of anilines is 1. The summed E-state index contributed by atoms with van der Waals surface area (Å²) in [6.07, 6.45) is -4.34. The second-order valence-corrected chi connectivity index (χ2v) is 5.64. The van der Waals surface area contributed by atoms with Gasteiger partial charge in [-0.05, 0) is 30.2 Å². The van der Waals surface area contributed by atoms with Crippen molar-refractivity contribution < 1.29 is 27.9 Å². The number of benzene rings is 2. The summed E-state index contributed by atoms with van der Waals surface area (Å²) in [5.74, 6) is -2.28. The van der Waals surface area contributed by atoms with Gasteiger partial charge in [-0.1, -0.05) is 37.3 Å². The average molecular weight is 351 g/mol. The van der Waals surface area contributed by atoms with Gasteiger partial charge < -0.3 is 10.4 Å². The molecule has 0 aliphatic carbocycles. The molecule has 2 aromatic rings. The van der Waals surface area contributed by atoms with Crippen molar-refractivity contribution >= 4 is 17.6 Å². The van der Waals surface area contributed by atoms with E-state index in [1.807, 2.05) is 0 Å². The molecule has 0 aromatic heterocycles. The van der Waals surface area contributed by atoms with E-state index in [1.165, 1.54) is 30.3 Å². The number of carbonyl (C=O) groups excluding carboxylic acids is 1. The van der Waals surface area contributed by atoms with Gasteiger partial charge in [-0.2, -0.15) is 13.2 Å². The molecule has 0 spiro atoms. The minimum absolute atomic E-state index is 0.0536. The molecule has 0 radical (unpaired) electrons. The van der Waals surface area contributed by atoms with Gasteiger partial charge in [-0.15, -0.1) is 0 Å². The number of para-hydroxylation sites is 1. The number of nitrogens with one attached hydrogen (secondary N) is 1. The van der Waals surface area contributed by atoms with Gasteiger partial charge in [0.05, 0.1) is 16.8 Å². The lowest BCUT2D eigenvalue weighted by Crippen LogP contribution is -2.23. The zero-order valence-corrected chi connectivity index (χ0v) is 13.3. The second-order valence-electron chi connectivity index (χ2n) is 5.64. The fraction of sp³-hybridized carbons (Fsp3) is 0.222. The maximum Gasteiger partial charge on any atom is 0.416 e. The molecule has 1 amide bonds. The van der Waals surface area contributed by atoms with Gasteiger partial charge in [0, 0.05) is 5.92 Å². The minimum atomic E-state index is -4.44. The van der Waals surface area contributed by atoms with Gasteiger partial charge in [0.15, 0.2) is 0 Å². The van der Waals surface area contributed by atoms with E-state index in [0.29, 0.717) is 5.56 Å². The van der Waals surface area contributed by atoms with Crippen molar-refractivity contribution in [3.05, 3.63) is 65.2 Å². The Morgan fingerprint density at radius 3 is 2.44 bits per heavy atom. The van der Waals surface area contributed by atoms with Crippen LogP contribution in [0.1, 0.15) is 28.4 Å². The maximum absolute atomic E-state index is 12.7. The summed E-state index contributed by atoms with van der Waals surface area (Å²) < 4.78 is 38.2. The Morgan fingerprint density at radius 2 is 1.80 bits per heavy atom. The summed E-state index contributed by atoms with van der Waals surface area (Å²) in [6.45, 7) is 1.57. The molecule has 4 nitrogen and oxygen atoms in total. The molecule has 0 fully saturated rings. The van der Waals surface area contributed by atoms with Crippen LogP contribution in [-0.2, 0) is 17.4 Å². The van der Waals surface area contributed by atoms with Crippen LogP contribution in [0.5, 0.6) is 0 Å². The Balaban J connectivity index is 2.10. The van der Waals surface area contributed by atoms with E-state index in [9.17, 15) is 22.8 Å². The highest BCUT2D eigenvalue weighted by Crippen LogP contribution is 2.30. The fourth-order valence-corrected chi connectivity index (χ4v) is 2.36. The molecule has 132 valence electrons. The number of hydrogen-bond acceptors (Lipinski definition) is 2. The normalized spacial score (nSPS) is 12.5. The second kappa shape index (κ2) is 7.38. The van der Waals surface area contributed by atoms with E-state index in [4.69, 9.17) is 5.11 Å². The van der Waals surface area contributed by atoms with Gasteiger partial charge in [-0.25, -0.2) is 4.79 Å². The first kappa shape index (κ1) is 18.5. The summed E-state index contributed by atoms with van der Waals surface area (Å²) in [5, 5.41) is 11.6. The predicted octanol–water partition coefficient (Wildman–Crippen LogP) is 4.22. The zero-order valence-electron chi connectivity index (χ0n) is 13.3. The number of rotatable bonds is 5. The molecule has 2 N–H and O–H groups in total. The lowest BCUT2D eigenvalue weighted by Gasteiger charge is -2.15. The Labute approximate surface area is 142 Å². The van der Waals surface area contributed by atoms with Crippen LogP contribution in [0.15, 0.2) is 48.5 Å².